The third-order valence-corrected chi connectivity index (χ3v) is 5.62. The highest BCUT2D eigenvalue weighted by atomic mass is 35.5. The smallest absolute Gasteiger partial charge is 0.262 e. The van der Waals surface area contributed by atoms with E-state index in [0.717, 1.165) is 24.1 Å². The lowest BCUT2D eigenvalue weighted by molar-refractivity contribution is -0.118. The van der Waals surface area contributed by atoms with Crippen molar-refractivity contribution in [3.63, 3.8) is 0 Å². The predicted octanol–water partition coefficient (Wildman–Crippen LogP) is 4.99. The van der Waals surface area contributed by atoms with E-state index in [2.05, 4.69) is 27.8 Å². The zero-order valence-corrected chi connectivity index (χ0v) is 18.0. The van der Waals surface area contributed by atoms with Gasteiger partial charge < -0.3 is 9.73 Å². The molecule has 2 N–H and O–H groups in total. The Morgan fingerprint density at radius 1 is 1.17 bits per heavy atom. The Morgan fingerprint density at radius 3 is 2.52 bits per heavy atom. The average Bonchev–Trinajstić information content (AvgIpc) is 3.23. The summed E-state index contributed by atoms with van der Waals surface area (Å²) in [6.45, 7) is 5.62. The van der Waals surface area contributed by atoms with Crippen molar-refractivity contribution in [3.8, 4) is 11.3 Å². The number of aryl methyl sites for hydroxylation is 3. The summed E-state index contributed by atoms with van der Waals surface area (Å²) >= 11 is 7.51. The highest BCUT2D eigenvalue weighted by molar-refractivity contribution is 7.14. The van der Waals surface area contributed by atoms with E-state index in [1.165, 1.54) is 23.8 Å². The van der Waals surface area contributed by atoms with Gasteiger partial charge in [-0.3, -0.25) is 14.9 Å². The molecule has 2 aromatic heterocycles. The van der Waals surface area contributed by atoms with Crippen molar-refractivity contribution in [1.82, 2.24) is 10.3 Å². The number of hydrogen-bond donors (Lipinski definition) is 2. The number of carbonyl (C=O) groups is 2. The summed E-state index contributed by atoms with van der Waals surface area (Å²) in [7, 11) is 0. The van der Waals surface area contributed by atoms with Gasteiger partial charge in [-0.1, -0.05) is 35.9 Å². The second-order valence-electron chi connectivity index (χ2n) is 6.68. The molecule has 0 radical (unpaired) electrons. The molecule has 8 heteroatoms. The van der Waals surface area contributed by atoms with Crippen LogP contribution in [0, 0.1) is 13.8 Å². The van der Waals surface area contributed by atoms with Crippen molar-refractivity contribution in [1.29, 1.82) is 0 Å². The van der Waals surface area contributed by atoms with E-state index >= 15 is 0 Å². The zero-order chi connectivity index (χ0) is 21.0. The number of benzene rings is 1. The van der Waals surface area contributed by atoms with Crippen LogP contribution in [0.25, 0.3) is 11.3 Å². The molecule has 3 rings (SSSR count). The quantitative estimate of drug-likeness (QED) is 0.516. The molecule has 0 aliphatic heterocycles. The number of anilines is 1. The van der Waals surface area contributed by atoms with E-state index < -0.39 is 0 Å². The van der Waals surface area contributed by atoms with Crippen LogP contribution in [0.4, 0.5) is 5.13 Å². The fourth-order valence-electron chi connectivity index (χ4n) is 2.94. The number of thiazole rings is 1. The molecule has 0 atom stereocenters. The first kappa shape index (κ1) is 21.1. The van der Waals surface area contributed by atoms with E-state index in [-0.39, 0.29) is 11.8 Å². The summed E-state index contributed by atoms with van der Waals surface area (Å²) in [5.41, 5.74) is 3.30. The molecule has 6 nitrogen and oxygen atoms in total. The number of nitrogens with zero attached hydrogens (tertiary/aromatic N) is 1. The topological polar surface area (TPSA) is 84.2 Å². The maximum Gasteiger partial charge on any atom is 0.262 e. The lowest BCUT2D eigenvalue weighted by atomic mass is 10.1. The van der Waals surface area contributed by atoms with Crippen LogP contribution in [0.1, 0.15) is 40.8 Å². The number of furan rings is 1. The van der Waals surface area contributed by atoms with Crippen LogP contribution in [0.3, 0.4) is 0 Å². The number of carbonyl (C=O) groups excluding carboxylic acids is 2. The minimum Gasteiger partial charge on any atom is -0.464 e. The first-order chi connectivity index (χ1) is 13.8. The third-order valence-electron chi connectivity index (χ3n) is 4.40. The van der Waals surface area contributed by atoms with Gasteiger partial charge in [-0.2, -0.15) is 0 Å². The Labute approximate surface area is 178 Å². The van der Waals surface area contributed by atoms with E-state index in [0.29, 0.717) is 33.8 Å². The Balaban J connectivity index is 1.62. The fourth-order valence-corrected chi connectivity index (χ4v) is 3.91. The van der Waals surface area contributed by atoms with E-state index in [1.807, 2.05) is 17.5 Å². The fraction of sp³-hybridized carbons (Fsp3) is 0.286. The van der Waals surface area contributed by atoms with Crippen LogP contribution < -0.4 is 10.6 Å². The van der Waals surface area contributed by atoms with Crippen molar-refractivity contribution in [2.75, 3.05) is 11.9 Å². The molecule has 0 aliphatic rings. The molecule has 152 valence electrons. The highest BCUT2D eigenvalue weighted by Crippen LogP contribution is 2.29. The largest absolute Gasteiger partial charge is 0.464 e. The molecular formula is C21H22ClN3O3S. The highest BCUT2D eigenvalue weighted by Gasteiger charge is 2.21. The van der Waals surface area contributed by atoms with E-state index in [1.54, 1.807) is 13.8 Å². The number of amides is 2. The van der Waals surface area contributed by atoms with Gasteiger partial charge in [-0.15, -0.1) is 11.3 Å². The number of hydrogen-bond acceptors (Lipinski definition) is 5. The van der Waals surface area contributed by atoms with Crippen molar-refractivity contribution >= 4 is 39.9 Å². The lowest BCUT2D eigenvalue weighted by Gasteiger charge is -2.04. The van der Waals surface area contributed by atoms with Crippen LogP contribution in [0.15, 0.2) is 34.1 Å². The van der Waals surface area contributed by atoms with Gasteiger partial charge in [-0.05, 0) is 32.3 Å². The maximum absolute atomic E-state index is 12.5. The Bertz CT molecular complexity index is 1020. The summed E-state index contributed by atoms with van der Waals surface area (Å²) in [6.07, 6.45) is 1.78. The standard InChI is InChI=1S/C21H22ClN3O3S/c1-12-18(19(22)13(2)28-12)20(27)25-21-24-17(11-29-21)16-8-6-15(7-9-16)5-4-10-23-14(3)26/h6-9,11H,4-5,10H2,1-3H3,(H,23,26)(H,24,25,27). The second kappa shape index (κ2) is 9.24. The monoisotopic (exact) mass is 431 g/mol. The van der Waals surface area contributed by atoms with Gasteiger partial charge >= 0.3 is 0 Å². The Morgan fingerprint density at radius 2 is 1.90 bits per heavy atom. The normalized spacial score (nSPS) is 10.8. The van der Waals surface area contributed by atoms with Crippen LogP contribution in [0.5, 0.6) is 0 Å². The SMILES string of the molecule is CC(=O)NCCCc1ccc(-c2csc(NC(=O)c3c(C)oc(C)c3Cl)n2)cc1. The lowest BCUT2D eigenvalue weighted by Crippen LogP contribution is -2.21. The van der Waals surface area contributed by atoms with Crippen LogP contribution >= 0.6 is 22.9 Å². The van der Waals surface area contributed by atoms with Gasteiger partial charge in [0, 0.05) is 24.4 Å². The minimum atomic E-state index is -0.334. The minimum absolute atomic E-state index is 0.00730. The summed E-state index contributed by atoms with van der Waals surface area (Å²) in [4.78, 5) is 27.9. The molecule has 0 saturated heterocycles. The van der Waals surface area contributed by atoms with Crippen molar-refractivity contribution in [3.05, 3.63) is 57.3 Å². The molecule has 0 aliphatic carbocycles. The molecule has 0 spiro atoms. The second-order valence-corrected chi connectivity index (χ2v) is 7.91. The molecular weight excluding hydrogens is 410 g/mol. The van der Waals surface area contributed by atoms with E-state index in [9.17, 15) is 9.59 Å². The Kier molecular flexibility index (Phi) is 6.71. The molecule has 0 fully saturated rings. The molecule has 0 saturated carbocycles. The van der Waals surface area contributed by atoms with Crippen LogP contribution in [-0.2, 0) is 11.2 Å². The third kappa shape index (κ3) is 5.25. The molecule has 0 bridgehead atoms. The molecule has 2 heterocycles. The van der Waals surface area contributed by atoms with Gasteiger partial charge in [0.05, 0.1) is 16.3 Å². The van der Waals surface area contributed by atoms with Crippen LogP contribution in [-0.4, -0.2) is 23.3 Å². The van der Waals surface area contributed by atoms with Crippen molar-refractivity contribution in [2.24, 2.45) is 0 Å². The first-order valence-electron chi connectivity index (χ1n) is 9.21. The number of halogens is 1. The number of nitrogens with one attached hydrogen (secondary N) is 2. The van der Waals surface area contributed by atoms with Crippen molar-refractivity contribution < 1.29 is 14.0 Å². The predicted molar refractivity (Wildman–Crippen MR) is 116 cm³/mol. The molecule has 3 aromatic rings. The molecule has 0 unspecified atom stereocenters. The van der Waals surface area contributed by atoms with Gasteiger partial charge in [0.15, 0.2) is 5.13 Å². The van der Waals surface area contributed by atoms with E-state index in [4.69, 9.17) is 16.0 Å². The summed E-state index contributed by atoms with van der Waals surface area (Å²) in [5, 5.41) is 8.31. The zero-order valence-electron chi connectivity index (χ0n) is 16.5. The first-order valence-corrected chi connectivity index (χ1v) is 10.5. The van der Waals surface area contributed by atoms with Crippen molar-refractivity contribution in [2.45, 2.75) is 33.6 Å². The number of aromatic nitrogens is 1. The average molecular weight is 432 g/mol. The molecule has 1 aromatic carbocycles. The van der Waals surface area contributed by atoms with Crippen LogP contribution in [0.2, 0.25) is 5.02 Å². The summed E-state index contributed by atoms with van der Waals surface area (Å²) in [5.74, 6) is 0.661. The van der Waals surface area contributed by atoms with Gasteiger partial charge in [0.2, 0.25) is 5.91 Å². The maximum atomic E-state index is 12.5. The van der Waals surface area contributed by atoms with Gasteiger partial charge in [0.1, 0.15) is 11.5 Å². The number of rotatable bonds is 7. The summed E-state index contributed by atoms with van der Waals surface area (Å²) in [6, 6.07) is 8.12. The molecule has 29 heavy (non-hydrogen) atoms. The molecule has 2 amide bonds. The summed E-state index contributed by atoms with van der Waals surface area (Å²) < 4.78 is 5.41. The van der Waals surface area contributed by atoms with Gasteiger partial charge in [-0.25, -0.2) is 4.98 Å². The Hall–Kier alpha value is -2.64. The van der Waals surface area contributed by atoms with Gasteiger partial charge in [0.25, 0.3) is 5.91 Å².